The van der Waals surface area contributed by atoms with Gasteiger partial charge in [-0.15, -0.1) is 0 Å². The summed E-state index contributed by atoms with van der Waals surface area (Å²) < 4.78 is 18.3. The topological polar surface area (TPSA) is 67.4 Å². The number of benzene rings is 1. The van der Waals surface area contributed by atoms with Crippen molar-refractivity contribution in [2.75, 3.05) is 6.61 Å². The van der Waals surface area contributed by atoms with E-state index < -0.39 is 18.0 Å². The second-order valence-electron chi connectivity index (χ2n) is 5.61. The predicted molar refractivity (Wildman–Crippen MR) is 79.3 cm³/mol. The van der Waals surface area contributed by atoms with Gasteiger partial charge in [0, 0.05) is 5.70 Å². The fraction of sp³-hybridized carbons (Fsp3) is 0.375. The molecule has 118 valence electrons. The van der Waals surface area contributed by atoms with Crippen molar-refractivity contribution in [1.29, 1.82) is 0 Å². The van der Waals surface area contributed by atoms with E-state index in [4.69, 9.17) is 4.74 Å². The van der Waals surface area contributed by atoms with Gasteiger partial charge in [0.2, 0.25) is 0 Å². The van der Waals surface area contributed by atoms with Crippen LogP contribution in [-0.2, 0) is 9.53 Å². The van der Waals surface area contributed by atoms with E-state index in [0.29, 0.717) is 23.4 Å². The Balaban J connectivity index is 2.32. The number of amides is 2. The van der Waals surface area contributed by atoms with Gasteiger partial charge in [0.05, 0.1) is 18.2 Å². The maximum Gasteiger partial charge on any atom is 0.338 e. The Labute approximate surface area is 128 Å². The Kier molecular flexibility index (Phi) is 4.80. The van der Waals surface area contributed by atoms with E-state index >= 15 is 0 Å². The normalized spacial score (nSPS) is 18.0. The first-order chi connectivity index (χ1) is 10.4. The highest BCUT2D eigenvalue weighted by atomic mass is 19.1. The zero-order valence-corrected chi connectivity index (χ0v) is 12.8. The molecule has 1 atom stereocenters. The molecule has 2 amide bonds. The first-order valence-electron chi connectivity index (χ1n) is 7.09. The molecule has 1 aromatic carbocycles. The quantitative estimate of drug-likeness (QED) is 0.840. The molecule has 0 saturated carbocycles. The molecule has 1 aliphatic heterocycles. The Hall–Kier alpha value is -2.37. The van der Waals surface area contributed by atoms with Gasteiger partial charge in [0.25, 0.3) is 0 Å². The number of halogens is 1. The van der Waals surface area contributed by atoms with Crippen molar-refractivity contribution in [2.24, 2.45) is 5.92 Å². The molecule has 6 heteroatoms. The first-order valence-corrected chi connectivity index (χ1v) is 7.09. The average molecular weight is 306 g/mol. The van der Waals surface area contributed by atoms with Gasteiger partial charge in [-0.25, -0.2) is 14.0 Å². The highest BCUT2D eigenvalue weighted by Crippen LogP contribution is 2.27. The van der Waals surface area contributed by atoms with Crippen LogP contribution in [0.25, 0.3) is 0 Å². The highest BCUT2D eigenvalue weighted by Gasteiger charge is 2.32. The van der Waals surface area contributed by atoms with Crippen LogP contribution in [0, 0.1) is 11.7 Å². The van der Waals surface area contributed by atoms with Gasteiger partial charge in [0.15, 0.2) is 0 Å². The van der Waals surface area contributed by atoms with E-state index in [-0.39, 0.29) is 11.7 Å². The van der Waals surface area contributed by atoms with Crippen LogP contribution >= 0.6 is 0 Å². The number of carbonyl (C=O) groups is 2. The Morgan fingerprint density at radius 1 is 1.32 bits per heavy atom. The van der Waals surface area contributed by atoms with E-state index in [2.05, 4.69) is 10.6 Å². The second kappa shape index (κ2) is 6.60. The summed E-state index contributed by atoms with van der Waals surface area (Å²) in [6.45, 7) is 5.81. The summed E-state index contributed by atoms with van der Waals surface area (Å²) in [5.74, 6) is -0.665. The van der Waals surface area contributed by atoms with Crippen molar-refractivity contribution in [1.82, 2.24) is 10.6 Å². The summed E-state index contributed by atoms with van der Waals surface area (Å²) in [7, 11) is 0. The van der Waals surface area contributed by atoms with Crippen LogP contribution in [0.4, 0.5) is 9.18 Å². The molecule has 0 fully saturated rings. The lowest BCUT2D eigenvalue weighted by atomic mass is 9.95. The molecule has 0 aromatic heterocycles. The lowest BCUT2D eigenvalue weighted by molar-refractivity contribution is -0.140. The summed E-state index contributed by atoms with van der Waals surface area (Å²) in [6, 6.07) is 4.58. The number of esters is 1. The lowest BCUT2D eigenvalue weighted by Gasteiger charge is -2.28. The van der Waals surface area contributed by atoms with E-state index in [0.717, 1.165) is 0 Å². The molecule has 5 nitrogen and oxygen atoms in total. The number of hydrogen-bond donors (Lipinski definition) is 2. The van der Waals surface area contributed by atoms with Gasteiger partial charge in [-0.2, -0.15) is 0 Å². The van der Waals surface area contributed by atoms with Crippen molar-refractivity contribution in [3.05, 3.63) is 46.9 Å². The van der Waals surface area contributed by atoms with E-state index in [1.54, 1.807) is 6.92 Å². The van der Waals surface area contributed by atoms with Gasteiger partial charge in [-0.3, -0.25) is 0 Å². The third-order valence-electron chi connectivity index (χ3n) is 3.24. The zero-order valence-electron chi connectivity index (χ0n) is 12.8. The van der Waals surface area contributed by atoms with Gasteiger partial charge < -0.3 is 15.4 Å². The SMILES string of the molecule is CC1=C(C(=O)OCC(C)C)[C@H](c2ccc(F)cc2)NC(=O)N1. The summed E-state index contributed by atoms with van der Waals surface area (Å²) in [6.07, 6.45) is 0. The van der Waals surface area contributed by atoms with Crippen LogP contribution in [0.2, 0.25) is 0 Å². The molecule has 1 heterocycles. The largest absolute Gasteiger partial charge is 0.462 e. The summed E-state index contributed by atoms with van der Waals surface area (Å²) in [5, 5.41) is 5.23. The van der Waals surface area contributed by atoms with Crippen LogP contribution in [0.5, 0.6) is 0 Å². The third-order valence-corrected chi connectivity index (χ3v) is 3.24. The number of hydrogen-bond acceptors (Lipinski definition) is 3. The molecule has 0 aliphatic carbocycles. The van der Waals surface area contributed by atoms with E-state index in [9.17, 15) is 14.0 Å². The number of allylic oxidation sites excluding steroid dienone is 1. The second-order valence-corrected chi connectivity index (χ2v) is 5.61. The zero-order chi connectivity index (χ0) is 16.3. The van der Waals surface area contributed by atoms with Gasteiger partial charge in [-0.05, 0) is 30.5 Å². The third kappa shape index (κ3) is 3.63. The molecule has 1 aliphatic rings. The Morgan fingerprint density at radius 3 is 2.55 bits per heavy atom. The highest BCUT2D eigenvalue weighted by molar-refractivity contribution is 5.95. The standard InChI is InChI=1S/C16H19FN2O3/c1-9(2)8-22-15(20)13-10(3)18-16(21)19-14(13)11-4-6-12(17)7-5-11/h4-7,9,14H,8H2,1-3H3,(H2,18,19,21)/t14-/m0/s1. The predicted octanol–water partition coefficient (Wildman–Crippen LogP) is 2.65. The maximum absolute atomic E-state index is 13.1. The fourth-order valence-electron chi connectivity index (χ4n) is 2.19. The van der Waals surface area contributed by atoms with E-state index in [1.807, 2.05) is 13.8 Å². The van der Waals surface area contributed by atoms with Crippen LogP contribution < -0.4 is 10.6 Å². The molecule has 22 heavy (non-hydrogen) atoms. The molecule has 0 spiro atoms. The first kappa shape index (κ1) is 16.0. The minimum absolute atomic E-state index is 0.209. The molecule has 0 saturated heterocycles. The smallest absolute Gasteiger partial charge is 0.338 e. The monoisotopic (exact) mass is 306 g/mol. The Morgan fingerprint density at radius 2 is 1.95 bits per heavy atom. The molecular formula is C16H19FN2O3. The van der Waals surface area contributed by atoms with Crippen molar-refractivity contribution >= 4 is 12.0 Å². The van der Waals surface area contributed by atoms with Gasteiger partial charge in [0.1, 0.15) is 5.82 Å². The van der Waals surface area contributed by atoms with Crippen LogP contribution in [0.15, 0.2) is 35.5 Å². The van der Waals surface area contributed by atoms with Crippen LogP contribution in [-0.4, -0.2) is 18.6 Å². The molecule has 2 rings (SSSR count). The van der Waals surface area contributed by atoms with Crippen molar-refractivity contribution in [2.45, 2.75) is 26.8 Å². The number of carbonyl (C=O) groups excluding carboxylic acids is 2. The number of ether oxygens (including phenoxy) is 1. The summed E-state index contributed by atoms with van der Waals surface area (Å²) in [5.41, 5.74) is 1.38. The lowest BCUT2D eigenvalue weighted by Crippen LogP contribution is -2.45. The number of urea groups is 1. The average Bonchev–Trinajstić information content (AvgIpc) is 2.44. The van der Waals surface area contributed by atoms with Crippen molar-refractivity contribution < 1.29 is 18.7 Å². The van der Waals surface area contributed by atoms with Crippen LogP contribution in [0.1, 0.15) is 32.4 Å². The van der Waals surface area contributed by atoms with Gasteiger partial charge in [-0.1, -0.05) is 26.0 Å². The van der Waals surface area contributed by atoms with Crippen molar-refractivity contribution in [3.8, 4) is 0 Å². The Bertz CT molecular complexity index is 608. The molecule has 0 bridgehead atoms. The minimum atomic E-state index is -0.658. The molecule has 2 N–H and O–H groups in total. The number of nitrogens with one attached hydrogen (secondary N) is 2. The molecule has 0 unspecified atom stereocenters. The molecule has 0 radical (unpaired) electrons. The maximum atomic E-state index is 13.1. The fourth-order valence-corrected chi connectivity index (χ4v) is 2.19. The van der Waals surface area contributed by atoms with Crippen molar-refractivity contribution in [3.63, 3.8) is 0 Å². The molecule has 1 aromatic rings. The van der Waals surface area contributed by atoms with Crippen LogP contribution in [0.3, 0.4) is 0 Å². The molecular weight excluding hydrogens is 287 g/mol. The summed E-state index contributed by atoms with van der Waals surface area (Å²) >= 11 is 0. The minimum Gasteiger partial charge on any atom is -0.462 e. The van der Waals surface area contributed by atoms with E-state index in [1.165, 1.54) is 24.3 Å². The number of rotatable bonds is 4. The summed E-state index contributed by atoms with van der Waals surface area (Å²) in [4.78, 5) is 24.0. The van der Waals surface area contributed by atoms with Gasteiger partial charge >= 0.3 is 12.0 Å².